The topological polar surface area (TPSA) is 21.3 Å². The lowest BCUT2D eigenvalue weighted by Gasteiger charge is -2.09. The summed E-state index contributed by atoms with van der Waals surface area (Å²) in [5, 5.41) is 3.08. The van der Waals surface area contributed by atoms with Gasteiger partial charge in [0.1, 0.15) is 0 Å². The lowest BCUT2D eigenvalue weighted by Crippen LogP contribution is -2.08. The molecular formula is C14H18F3NO. The molecule has 1 fully saturated rings. The maximum atomic E-state index is 12.3. The van der Waals surface area contributed by atoms with Gasteiger partial charge in [-0.2, -0.15) is 13.2 Å². The third kappa shape index (κ3) is 5.11. The van der Waals surface area contributed by atoms with Crippen LogP contribution >= 0.6 is 0 Å². The Bertz CT molecular complexity index is 385. The van der Waals surface area contributed by atoms with Crippen LogP contribution in [-0.2, 0) is 10.9 Å². The largest absolute Gasteiger partial charge is 0.416 e. The van der Waals surface area contributed by atoms with Gasteiger partial charge in [0.25, 0.3) is 0 Å². The van der Waals surface area contributed by atoms with Crippen molar-refractivity contribution in [1.82, 2.24) is 0 Å². The van der Waals surface area contributed by atoms with Gasteiger partial charge in [0.15, 0.2) is 0 Å². The monoisotopic (exact) mass is 273 g/mol. The molecule has 1 N–H and O–H groups in total. The number of ether oxygens (including phenoxy) is 1. The number of anilines is 1. The molecule has 0 spiro atoms. The van der Waals surface area contributed by atoms with Crippen LogP contribution in [-0.4, -0.2) is 19.8 Å². The van der Waals surface area contributed by atoms with Crippen LogP contribution in [0.2, 0.25) is 0 Å². The zero-order valence-electron chi connectivity index (χ0n) is 10.7. The number of hydrogen-bond donors (Lipinski definition) is 1. The molecule has 0 aliphatic heterocycles. The summed E-state index contributed by atoms with van der Waals surface area (Å²) >= 11 is 0. The summed E-state index contributed by atoms with van der Waals surface area (Å²) in [4.78, 5) is 0. The lowest BCUT2D eigenvalue weighted by molar-refractivity contribution is -0.137. The highest BCUT2D eigenvalue weighted by Crippen LogP contribution is 2.30. The fourth-order valence-corrected chi connectivity index (χ4v) is 1.72. The van der Waals surface area contributed by atoms with Crippen LogP contribution in [0.5, 0.6) is 0 Å². The number of nitrogens with one attached hydrogen (secondary N) is 1. The molecular weight excluding hydrogens is 255 g/mol. The van der Waals surface area contributed by atoms with Crippen LogP contribution in [0.1, 0.15) is 24.8 Å². The minimum atomic E-state index is -4.27. The van der Waals surface area contributed by atoms with E-state index in [1.165, 1.54) is 25.0 Å². The van der Waals surface area contributed by atoms with Gasteiger partial charge in [-0.05, 0) is 49.4 Å². The van der Waals surface area contributed by atoms with Crippen LogP contribution in [0.25, 0.3) is 0 Å². The normalized spacial score (nSPS) is 15.5. The highest BCUT2D eigenvalue weighted by atomic mass is 19.4. The Balaban J connectivity index is 1.62. The molecule has 19 heavy (non-hydrogen) atoms. The van der Waals surface area contributed by atoms with E-state index in [-0.39, 0.29) is 0 Å². The van der Waals surface area contributed by atoms with Crippen molar-refractivity contribution in [1.29, 1.82) is 0 Å². The molecule has 2 rings (SSSR count). The fourth-order valence-electron chi connectivity index (χ4n) is 1.72. The van der Waals surface area contributed by atoms with Gasteiger partial charge in [-0.1, -0.05) is 0 Å². The fraction of sp³-hybridized carbons (Fsp3) is 0.571. The Morgan fingerprint density at radius 3 is 2.42 bits per heavy atom. The summed E-state index contributed by atoms with van der Waals surface area (Å²) in [7, 11) is 0. The Kier molecular flexibility index (Phi) is 4.69. The third-order valence-corrected chi connectivity index (χ3v) is 3.06. The van der Waals surface area contributed by atoms with Gasteiger partial charge in [0.2, 0.25) is 0 Å². The molecule has 1 aliphatic rings. The molecule has 0 saturated heterocycles. The molecule has 0 atom stereocenters. The Hall–Kier alpha value is -1.23. The van der Waals surface area contributed by atoms with Crippen LogP contribution < -0.4 is 5.32 Å². The van der Waals surface area contributed by atoms with Crippen molar-refractivity contribution in [3.05, 3.63) is 29.8 Å². The van der Waals surface area contributed by atoms with Gasteiger partial charge in [-0.25, -0.2) is 0 Å². The van der Waals surface area contributed by atoms with E-state index >= 15 is 0 Å². The van der Waals surface area contributed by atoms with E-state index in [2.05, 4.69) is 5.32 Å². The van der Waals surface area contributed by atoms with Gasteiger partial charge in [-0.15, -0.1) is 0 Å². The molecule has 1 aromatic rings. The molecule has 0 bridgehead atoms. The van der Waals surface area contributed by atoms with Crippen molar-refractivity contribution >= 4 is 5.69 Å². The maximum absolute atomic E-state index is 12.3. The lowest BCUT2D eigenvalue weighted by atomic mass is 10.2. The molecule has 2 nitrogen and oxygen atoms in total. The van der Waals surface area contributed by atoms with Crippen molar-refractivity contribution in [2.24, 2.45) is 5.92 Å². The number of rotatable bonds is 7. The van der Waals surface area contributed by atoms with Crippen LogP contribution in [0, 0.1) is 5.92 Å². The summed E-state index contributed by atoms with van der Waals surface area (Å²) in [6.07, 6.45) is -0.851. The van der Waals surface area contributed by atoms with E-state index in [0.29, 0.717) is 18.8 Å². The number of alkyl halides is 3. The number of halogens is 3. The van der Waals surface area contributed by atoms with E-state index < -0.39 is 11.7 Å². The van der Waals surface area contributed by atoms with Gasteiger partial charge >= 0.3 is 6.18 Å². The van der Waals surface area contributed by atoms with E-state index in [4.69, 9.17) is 4.74 Å². The molecule has 1 saturated carbocycles. The number of hydrogen-bond acceptors (Lipinski definition) is 2. The van der Waals surface area contributed by atoms with Crippen LogP contribution in [0.4, 0.5) is 18.9 Å². The zero-order valence-corrected chi connectivity index (χ0v) is 10.7. The van der Waals surface area contributed by atoms with E-state index in [9.17, 15) is 13.2 Å². The molecule has 1 aromatic carbocycles. The summed E-state index contributed by atoms with van der Waals surface area (Å²) in [6, 6.07) is 5.08. The first-order valence-electron chi connectivity index (χ1n) is 6.54. The highest BCUT2D eigenvalue weighted by molar-refractivity contribution is 5.44. The highest BCUT2D eigenvalue weighted by Gasteiger charge is 2.29. The molecule has 0 aromatic heterocycles. The quantitative estimate of drug-likeness (QED) is 0.760. The predicted octanol–water partition coefficient (Wildman–Crippen LogP) is 3.93. The van der Waals surface area contributed by atoms with Crippen molar-refractivity contribution in [2.75, 3.05) is 25.1 Å². The molecule has 0 radical (unpaired) electrons. The maximum Gasteiger partial charge on any atom is 0.416 e. The minimum absolute atomic E-state index is 0.620. The van der Waals surface area contributed by atoms with Gasteiger partial charge < -0.3 is 10.1 Å². The predicted molar refractivity (Wildman–Crippen MR) is 68.1 cm³/mol. The van der Waals surface area contributed by atoms with Gasteiger partial charge in [0.05, 0.1) is 5.56 Å². The Morgan fingerprint density at radius 1 is 1.16 bits per heavy atom. The molecule has 106 valence electrons. The summed E-state index contributed by atoms with van der Waals surface area (Å²) in [5.74, 6) is 0.767. The Morgan fingerprint density at radius 2 is 1.84 bits per heavy atom. The first-order valence-corrected chi connectivity index (χ1v) is 6.54. The van der Waals surface area contributed by atoms with Crippen molar-refractivity contribution < 1.29 is 17.9 Å². The third-order valence-electron chi connectivity index (χ3n) is 3.06. The Labute approximate surface area is 111 Å². The average molecular weight is 273 g/mol. The zero-order chi connectivity index (χ0) is 13.7. The summed E-state index contributed by atoms with van der Waals surface area (Å²) in [5.41, 5.74) is 0.0843. The molecule has 5 heteroatoms. The van der Waals surface area contributed by atoms with Crippen LogP contribution in [0.3, 0.4) is 0 Å². The van der Waals surface area contributed by atoms with Crippen LogP contribution in [0.15, 0.2) is 24.3 Å². The smallest absolute Gasteiger partial charge is 0.385 e. The van der Waals surface area contributed by atoms with Gasteiger partial charge in [-0.3, -0.25) is 0 Å². The van der Waals surface area contributed by atoms with Crippen molar-refractivity contribution in [3.63, 3.8) is 0 Å². The molecule has 0 unspecified atom stereocenters. The second-order valence-corrected chi connectivity index (χ2v) is 4.87. The molecule has 0 amide bonds. The summed E-state index contributed by atoms with van der Waals surface area (Å²) < 4.78 is 42.5. The van der Waals surface area contributed by atoms with Crippen molar-refractivity contribution in [3.8, 4) is 0 Å². The second-order valence-electron chi connectivity index (χ2n) is 4.87. The van der Waals surface area contributed by atoms with E-state index in [1.54, 1.807) is 0 Å². The average Bonchev–Trinajstić information content (AvgIpc) is 3.17. The second kappa shape index (κ2) is 6.28. The van der Waals surface area contributed by atoms with E-state index in [1.807, 2.05) is 0 Å². The minimum Gasteiger partial charge on any atom is -0.385 e. The SMILES string of the molecule is FC(F)(F)c1ccc(NCCCOCC2CC2)cc1. The van der Waals surface area contributed by atoms with E-state index in [0.717, 1.165) is 31.1 Å². The summed E-state index contributed by atoms with van der Waals surface area (Å²) in [6.45, 7) is 2.25. The van der Waals surface area contributed by atoms with Gasteiger partial charge in [0, 0.05) is 25.4 Å². The number of benzene rings is 1. The standard InChI is InChI=1S/C14H18F3NO/c15-14(16,17)12-4-6-13(7-5-12)18-8-1-9-19-10-11-2-3-11/h4-7,11,18H,1-3,8-10H2. The molecule has 0 heterocycles. The first kappa shape index (κ1) is 14.2. The molecule has 1 aliphatic carbocycles. The first-order chi connectivity index (χ1) is 9.05. The van der Waals surface area contributed by atoms with Crippen molar-refractivity contribution in [2.45, 2.75) is 25.4 Å².